The molecule has 3 aromatic rings. The number of rotatable bonds is 5. The van der Waals surface area contributed by atoms with Gasteiger partial charge in [-0.3, -0.25) is 4.57 Å². The van der Waals surface area contributed by atoms with E-state index in [1.54, 1.807) is 14.2 Å². The van der Waals surface area contributed by atoms with E-state index in [1.165, 1.54) is 27.1 Å². The minimum atomic E-state index is 0.802. The molecule has 1 aliphatic heterocycles. The van der Waals surface area contributed by atoms with E-state index in [2.05, 4.69) is 52.5 Å². The molecule has 1 aromatic heterocycles. The summed E-state index contributed by atoms with van der Waals surface area (Å²) >= 11 is 5.79. The molecule has 0 radical (unpaired) electrons. The molecular formula is C21H26N3O2S+. The normalized spacial score (nSPS) is 16.3. The van der Waals surface area contributed by atoms with E-state index in [-0.39, 0.29) is 0 Å². The van der Waals surface area contributed by atoms with Gasteiger partial charge in [-0.25, -0.2) is 0 Å². The average Bonchev–Trinajstić information content (AvgIpc) is 2.97. The molecule has 1 N–H and O–H groups in total. The number of para-hydroxylation sites is 2. The van der Waals surface area contributed by atoms with E-state index in [1.807, 2.05) is 0 Å². The number of aromatic nitrogens is 2. The average molecular weight is 385 g/mol. The van der Waals surface area contributed by atoms with Crippen LogP contribution in [-0.4, -0.2) is 29.9 Å². The fourth-order valence-electron chi connectivity index (χ4n) is 4.12. The van der Waals surface area contributed by atoms with Crippen molar-refractivity contribution in [2.45, 2.75) is 33.1 Å². The lowest BCUT2D eigenvalue weighted by molar-refractivity contribution is -0.938. The Morgan fingerprint density at radius 1 is 1.00 bits per heavy atom. The minimum absolute atomic E-state index is 0.802. The summed E-state index contributed by atoms with van der Waals surface area (Å²) in [5.74, 6) is 1.62. The van der Waals surface area contributed by atoms with Crippen molar-refractivity contribution in [1.29, 1.82) is 0 Å². The smallest absolute Gasteiger partial charge is 0.185 e. The fourth-order valence-corrected chi connectivity index (χ4v) is 4.51. The van der Waals surface area contributed by atoms with Crippen LogP contribution in [0.3, 0.4) is 0 Å². The highest BCUT2D eigenvalue weighted by molar-refractivity contribution is 7.71. The molecule has 2 aromatic carbocycles. The molecule has 5 nitrogen and oxygen atoms in total. The third-order valence-electron chi connectivity index (χ3n) is 5.52. The molecule has 0 bridgehead atoms. The molecule has 0 amide bonds. The van der Waals surface area contributed by atoms with Gasteiger partial charge in [0.15, 0.2) is 22.9 Å². The number of imidazole rings is 1. The summed E-state index contributed by atoms with van der Waals surface area (Å²) in [4.78, 5) is 1.50. The Labute approximate surface area is 164 Å². The molecule has 142 valence electrons. The van der Waals surface area contributed by atoms with Crippen LogP contribution < -0.4 is 14.4 Å². The maximum atomic E-state index is 5.79. The summed E-state index contributed by atoms with van der Waals surface area (Å²) in [6.07, 6.45) is 1.03. The summed E-state index contributed by atoms with van der Waals surface area (Å²) in [6, 6.07) is 12.7. The van der Waals surface area contributed by atoms with Crippen LogP contribution in [0.1, 0.15) is 18.1 Å². The highest BCUT2D eigenvalue weighted by Gasteiger charge is 2.23. The molecule has 2 heterocycles. The highest BCUT2D eigenvalue weighted by atomic mass is 32.1. The van der Waals surface area contributed by atoms with E-state index in [0.717, 1.165) is 49.0 Å². The van der Waals surface area contributed by atoms with Gasteiger partial charge in [0.25, 0.3) is 0 Å². The summed E-state index contributed by atoms with van der Waals surface area (Å²) in [6.45, 7) is 5.96. The van der Waals surface area contributed by atoms with Crippen molar-refractivity contribution >= 4 is 23.3 Å². The molecule has 0 aliphatic carbocycles. The molecule has 0 saturated carbocycles. The van der Waals surface area contributed by atoms with E-state index in [9.17, 15) is 0 Å². The largest absolute Gasteiger partial charge is 0.493 e. The topological polar surface area (TPSA) is 32.8 Å². The van der Waals surface area contributed by atoms with Crippen LogP contribution in [0.4, 0.5) is 0 Å². The first-order valence-corrected chi connectivity index (χ1v) is 9.82. The van der Waals surface area contributed by atoms with Gasteiger partial charge in [0, 0.05) is 18.5 Å². The zero-order chi connectivity index (χ0) is 19.0. The first-order valence-electron chi connectivity index (χ1n) is 9.41. The van der Waals surface area contributed by atoms with Crippen molar-refractivity contribution in [2.75, 3.05) is 20.8 Å². The van der Waals surface area contributed by atoms with Crippen LogP contribution in [0, 0.1) is 4.77 Å². The SMILES string of the molecule is CCn1c(=S)n(C[NH+]2CCc3cc(OC)c(OC)cc3C2)c2ccccc21. The lowest BCUT2D eigenvalue weighted by atomic mass is 9.99. The van der Waals surface area contributed by atoms with Gasteiger partial charge in [-0.1, -0.05) is 12.1 Å². The van der Waals surface area contributed by atoms with Crippen molar-refractivity contribution in [1.82, 2.24) is 9.13 Å². The lowest BCUT2D eigenvalue weighted by Gasteiger charge is -2.27. The molecule has 1 unspecified atom stereocenters. The molecule has 1 aliphatic rings. The molecule has 4 rings (SSSR count). The second kappa shape index (κ2) is 7.37. The van der Waals surface area contributed by atoms with Crippen LogP contribution in [0.25, 0.3) is 11.0 Å². The third kappa shape index (κ3) is 3.13. The minimum Gasteiger partial charge on any atom is -0.493 e. The molecule has 0 spiro atoms. The first-order chi connectivity index (χ1) is 13.2. The van der Waals surface area contributed by atoms with Gasteiger partial charge < -0.3 is 18.9 Å². The number of nitrogens with zero attached hydrogens (tertiary/aromatic N) is 2. The molecular weight excluding hydrogens is 358 g/mol. The van der Waals surface area contributed by atoms with Crippen LogP contribution in [-0.2, 0) is 26.2 Å². The van der Waals surface area contributed by atoms with Crippen molar-refractivity contribution in [3.05, 3.63) is 52.3 Å². The van der Waals surface area contributed by atoms with Crippen molar-refractivity contribution < 1.29 is 14.4 Å². The molecule has 0 saturated heterocycles. The van der Waals surface area contributed by atoms with Gasteiger partial charge >= 0.3 is 0 Å². The van der Waals surface area contributed by atoms with E-state index < -0.39 is 0 Å². The van der Waals surface area contributed by atoms with Gasteiger partial charge in [0.2, 0.25) is 0 Å². The van der Waals surface area contributed by atoms with Crippen LogP contribution in [0.15, 0.2) is 36.4 Å². The number of hydrogen-bond donors (Lipinski definition) is 1. The van der Waals surface area contributed by atoms with Crippen LogP contribution in [0.5, 0.6) is 11.5 Å². The maximum absolute atomic E-state index is 5.79. The van der Waals surface area contributed by atoms with Gasteiger partial charge in [0.05, 0.1) is 31.8 Å². The van der Waals surface area contributed by atoms with Gasteiger partial charge in [-0.2, -0.15) is 0 Å². The number of hydrogen-bond acceptors (Lipinski definition) is 3. The summed E-state index contributed by atoms with van der Waals surface area (Å²) in [7, 11) is 3.38. The Kier molecular flexibility index (Phi) is 4.93. The Bertz CT molecular complexity index is 1040. The Balaban J connectivity index is 1.65. The summed E-state index contributed by atoms with van der Waals surface area (Å²) in [5.41, 5.74) is 5.12. The zero-order valence-corrected chi connectivity index (χ0v) is 16.9. The second-order valence-corrected chi connectivity index (χ2v) is 7.37. The second-order valence-electron chi connectivity index (χ2n) is 7.00. The third-order valence-corrected chi connectivity index (χ3v) is 5.96. The standard InChI is InChI=1S/C21H25N3O2S/c1-4-23-17-7-5-6-8-18(17)24(21(23)27)14-22-10-9-15-11-19(25-2)20(26-3)12-16(15)13-22/h5-8,11-12H,4,9-10,13-14H2,1-3H3/p+1. The lowest BCUT2D eigenvalue weighted by Crippen LogP contribution is -3.11. The van der Waals surface area contributed by atoms with Gasteiger partial charge in [-0.15, -0.1) is 0 Å². The van der Waals surface area contributed by atoms with Gasteiger partial charge in [-0.05, 0) is 49.0 Å². The predicted octanol–water partition coefficient (Wildman–Crippen LogP) is 2.81. The van der Waals surface area contributed by atoms with E-state index in [4.69, 9.17) is 21.7 Å². The number of fused-ring (bicyclic) bond motifs is 2. The van der Waals surface area contributed by atoms with Crippen molar-refractivity contribution in [2.24, 2.45) is 0 Å². The number of ether oxygens (including phenoxy) is 2. The van der Waals surface area contributed by atoms with E-state index in [0.29, 0.717) is 0 Å². The number of nitrogens with one attached hydrogen (secondary N) is 1. The fraction of sp³-hybridized carbons (Fsp3) is 0.381. The zero-order valence-electron chi connectivity index (χ0n) is 16.1. The molecule has 27 heavy (non-hydrogen) atoms. The number of methoxy groups -OCH3 is 2. The monoisotopic (exact) mass is 384 g/mol. The summed E-state index contributed by atoms with van der Waals surface area (Å²) < 4.78 is 16.4. The van der Waals surface area contributed by atoms with Crippen LogP contribution >= 0.6 is 12.2 Å². The number of aryl methyl sites for hydroxylation is 1. The van der Waals surface area contributed by atoms with Crippen molar-refractivity contribution in [3.63, 3.8) is 0 Å². The Morgan fingerprint density at radius 3 is 2.26 bits per heavy atom. The Hall–Kier alpha value is -2.31. The molecule has 0 fully saturated rings. The van der Waals surface area contributed by atoms with Gasteiger partial charge in [0.1, 0.15) is 6.54 Å². The maximum Gasteiger partial charge on any atom is 0.185 e. The van der Waals surface area contributed by atoms with Crippen molar-refractivity contribution in [3.8, 4) is 11.5 Å². The summed E-state index contributed by atoms with van der Waals surface area (Å²) in [5, 5.41) is 0. The highest BCUT2D eigenvalue weighted by Crippen LogP contribution is 2.31. The number of benzene rings is 2. The van der Waals surface area contributed by atoms with E-state index >= 15 is 0 Å². The molecule has 6 heteroatoms. The molecule has 1 atom stereocenters. The first kappa shape index (κ1) is 18.1. The predicted molar refractivity (Wildman–Crippen MR) is 109 cm³/mol. The Morgan fingerprint density at radius 2 is 1.63 bits per heavy atom. The number of quaternary nitrogens is 1. The van der Waals surface area contributed by atoms with Crippen LogP contribution in [0.2, 0.25) is 0 Å². The quantitative estimate of drug-likeness (QED) is 0.687.